The Morgan fingerprint density at radius 2 is 1.84 bits per heavy atom. The predicted molar refractivity (Wildman–Crippen MR) is 75.3 cm³/mol. The molecule has 98 valence electrons. The summed E-state index contributed by atoms with van der Waals surface area (Å²) < 4.78 is 0. The van der Waals surface area contributed by atoms with Gasteiger partial charge in [0.2, 0.25) is 0 Å². The summed E-state index contributed by atoms with van der Waals surface area (Å²) in [6.07, 6.45) is 1.39. The molecule has 1 aromatic carbocycles. The molecule has 19 heavy (non-hydrogen) atoms. The van der Waals surface area contributed by atoms with E-state index in [1.54, 1.807) is 6.07 Å². The van der Waals surface area contributed by atoms with Gasteiger partial charge in [-0.2, -0.15) is 0 Å². The second-order valence-electron chi connectivity index (χ2n) is 4.78. The average Bonchev–Trinajstić information content (AvgIpc) is 2.39. The molecule has 2 aromatic rings. The third kappa shape index (κ3) is 3.37. The molecule has 0 bridgehead atoms. The van der Waals surface area contributed by atoms with Gasteiger partial charge in [0.15, 0.2) is 0 Å². The van der Waals surface area contributed by atoms with E-state index in [-0.39, 0.29) is 5.91 Å². The van der Waals surface area contributed by atoms with Crippen molar-refractivity contribution in [2.45, 2.75) is 26.7 Å². The van der Waals surface area contributed by atoms with Gasteiger partial charge < -0.3 is 5.32 Å². The number of benzene rings is 1. The van der Waals surface area contributed by atoms with E-state index in [0.717, 1.165) is 11.4 Å². The number of aromatic nitrogens is 2. The number of hydrogen-bond acceptors (Lipinski definition) is 3. The Bertz CT molecular complexity index is 576. The zero-order valence-corrected chi connectivity index (χ0v) is 11.3. The van der Waals surface area contributed by atoms with Crippen molar-refractivity contribution in [2.75, 3.05) is 5.32 Å². The standard InChI is InChI=1S/C15H17N3O/c1-10(2)12-4-6-13(7-5-12)18-15(19)14-8-11(3)16-9-17-14/h4-10H,1-3H3,(H,18,19). The smallest absolute Gasteiger partial charge is 0.274 e. The van der Waals surface area contributed by atoms with Crippen molar-refractivity contribution in [3.05, 3.63) is 53.6 Å². The Hall–Kier alpha value is -2.23. The molecule has 1 N–H and O–H groups in total. The lowest BCUT2D eigenvalue weighted by Crippen LogP contribution is -2.14. The summed E-state index contributed by atoms with van der Waals surface area (Å²) in [6, 6.07) is 9.51. The second kappa shape index (κ2) is 5.61. The van der Waals surface area contributed by atoms with E-state index in [0.29, 0.717) is 11.6 Å². The first-order valence-corrected chi connectivity index (χ1v) is 6.26. The number of carbonyl (C=O) groups is 1. The predicted octanol–water partition coefficient (Wildman–Crippen LogP) is 3.16. The number of nitrogens with one attached hydrogen (secondary N) is 1. The van der Waals surface area contributed by atoms with E-state index >= 15 is 0 Å². The Balaban J connectivity index is 2.10. The van der Waals surface area contributed by atoms with E-state index in [1.807, 2.05) is 31.2 Å². The molecule has 0 saturated carbocycles. The van der Waals surface area contributed by atoms with E-state index in [4.69, 9.17) is 0 Å². The Kier molecular flexibility index (Phi) is 3.90. The third-order valence-corrected chi connectivity index (χ3v) is 2.87. The van der Waals surface area contributed by atoms with Crippen LogP contribution >= 0.6 is 0 Å². The van der Waals surface area contributed by atoms with Crippen LogP contribution in [0.4, 0.5) is 5.69 Å². The van der Waals surface area contributed by atoms with Gasteiger partial charge in [-0.1, -0.05) is 26.0 Å². The molecule has 0 aliphatic rings. The third-order valence-electron chi connectivity index (χ3n) is 2.87. The minimum Gasteiger partial charge on any atom is -0.321 e. The van der Waals surface area contributed by atoms with Crippen LogP contribution in [0.15, 0.2) is 36.7 Å². The zero-order chi connectivity index (χ0) is 13.8. The van der Waals surface area contributed by atoms with E-state index in [9.17, 15) is 4.79 Å². The Morgan fingerprint density at radius 1 is 1.16 bits per heavy atom. The Labute approximate surface area is 112 Å². The first kappa shape index (κ1) is 13.2. The Morgan fingerprint density at radius 3 is 2.42 bits per heavy atom. The van der Waals surface area contributed by atoms with Crippen LogP contribution in [0.5, 0.6) is 0 Å². The van der Waals surface area contributed by atoms with Crippen LogP contribution in [0.3, 0.4) is 0 Å². The highest BCUT2D eigenvalue weighted by atomic mass is 16.1. The maximum absolute atomic E-state index is 12.0. The number of carbonyl (C=O) groups excluding carboxylic acids is 1. The fourth-order valence-electron chi connectivity index (χ4n) is 1.73. The summed E-state index contributed by atoms with van der Waals surface area (Å²) in [5, 5.41) is 2.82. The lowest BCUT2D eigenvalue weighted by atomic mass is 10.0. The number of amides is 1. The summed E-state index contributed by atoms with van der Waals surface area (Å²) in [5.41, 5.74) is 3.16. The molecule has 2 rings (SSSR count). The molecule has 0 aliphatic heterocycles. The molecule has 0 fully saturated rings. The summed E-state index contributed by atoms with van der Waals surface area (Å²) in [6.45, 7) is 6.10. The maximum Gasteiger partial charge on any atom is 0.274 e. The van der Waals surface area contributed by atoms with Gasteiger partial charge in [-0.25, -0.2) is 9.97 Å². The van der Waals surface area contributed by atoms with Gasteiger partial charge >= 0.3 is 0 Å². The summed E-state index contributed by atoms with van der Waals surface area (Å²) in [5.74, 6) is 0.261. The lowest BCUT2D eigenvalue weighted by molar-refractivity contribution is 0.102. The average molecular weight is 255 g/mol. The zero-order valence-electron chi connectivity index (χ0n) is 11.3. The molecular formula is C15H17N3O. The highest BCUT2D eigenvalue weighted by Crippen LogP contribution is 2.17. The largest absolute Gasteiger partial charge is 0.321 e. The number of anilines is 1. The van der Waals surface area contributed by atoms with Gasteiger partial charge in [0.05, 0.1) is 0 Å². The van der Waals surface area contributed by atoms with Crippen molar-refractivity contribution < 1.29 is 4.79 Å². The van der Waals surface area contributed by atoms with Crippen molar-refractivity contribution in [3.63, 3.8) is 0 Å². The van der Waals surface area contributed by atoms with Crippen molar-refractivity contribution in [3.8, 4) is 0 Å². The molecular weight excluding hydrogens is 238 g/mol. The maximum atomic E-state index is 12.0. The van der Waals surface area contributed by atoms with Crippen LogP contribution in [0, 0.1) is 6.92 Å². The van der Waals surface area contributed by atoms with E-state index < -0.39 is 0 Å². The molecule has 0 saturated heterocycles. The minimum atomic E-state index is -0.220. The summed E-state index contributed by atoms with van der Waals surface area (Å²) in [4.78, 5) is 19.9. The van der Waals surface area contributed by atoms with Crippen LogP contribution in [-0.2, 0) is 0 Å². The van der Waals surface area contributed by atoms with Crippen molar-refractivity contribution in [1.29, 1.82) is 0 Å². The molecule has 0 radical (unpaired) electrons. The molecule has 1 aromatic heterocycles. The van der Waals surface area contributed by atoms with Gasteiger partial charge in [-0.15, -0.1) is 0 Å². The second-order valence-corrected chi connectivity index (χ2v) is 4.78. The SMILES string of the molecule is Cc1cc(C(=O)Nc2ccc(C(C)C)cc2)ncn1. The van der Waals surface area contributed by atoms with Crippen molar-refractivity contribution in [2.24, 2.45) is 0 Å². The van der Waals surface area contributed by atoms with Crippen LogP contribution < -0.4 is 5.32 Å². The monoisotopic (exact) mass is 255 g/mol. The van der Waals surface area contributed by atoms with Gasteiger partial charge in [-0.3, -0.25) is 4.79 Å². The number of hydrogen-bond donors (Lipinski definition) is 1. The molecule has 0 aliphatic carbocycles. The van der Waals surface area contributed by atoms with Gasteiger partial charge in [0.25, 0.3) is 5.91 Å². The topological polar surface area (TPSA) is 54.9 Å². The highest BCUT2D eigenvalue weighted by molar-refractivity contribution is 6.02. The molecule has 0 atom stereocenters. The van der Waals surface area contributed by atoms with Crippen LogP contribution in [0.1, 0.15) is 41.5 Å². The van der Waals surface area contributed by atoms with Crippen molar-refractivity contribution >= 4 is 11.6 Å². The van der Waals surface area contributed by atoms with Gasteiger partial charge in [0.1, 0.15) is 12.0 Å². The minimum absolute atomic E-state index is 0.220. The van der Waals surface area contributed by atoms with E-state index in [2.05, 4.69) is 29.1 Å². The highest BCUT2D eigenvalue weighted by Gasteiger charge is 2.08. The van der Waals surface area contributed by atoms with Crippen LogP contribution in [0.25, 0.3) is 0 Å². The number of nitrogens with zero attached hydrogens (tertiary/aromatic N) is 2. The van der Waals surface area contributed by atoms with Gasteiger partial charge in [-0.05, 0) is 36.6 Å². The normalized spacial score (nSPS) is 10.5. The fraction of sp³-hybridized carbons (Fsp3) is 0.267. The fourth-order valence-corrected chi connectivity index (χ4v) is 1.73. The number of rotatable bonds is 3. The van der Waals surface area contributed by atoms with Gasteiger partial charge in [0, 0.05) is 11.4 Å². The first-order valence-electron chi connectivity index (χ1n) is 6.26. The first-order chi connectivity index (χ1) is 9.06. The summed E-state index contributed by atoms with van der Waals surface area (Å²) in [7, 11) is 0. The number of aryl methyl sites for hydroxylation is 1. The molecule has 0 unspecified atom stereocenters. The molecule has 1 heterocycles. The lowest BCUT2D eigenvalue weighted by Gasteiger charge is -2.08. The molecule has 0 spiro atoms. The molecule has 4 heteroatoms. The van der Waals surface area contributed by atoms with E-state index in [1.165, 1.54) is 11.9 Å². The van der Waals surface area contributed by atoms with Crippen LogP contribution in [-0.4, -0.2) is 15.9 Å². The molecule has 4 nitrogen and oxygen atoms in total. The molecule has 1 amide bonds. The van der Waals surface area contributed by atoms with Crippen molar-refractivity contribution in [1.82, 2.24) is 9.97 Å². The quantitative estimate of drug-likeness (QED) is 0.916. The summed E-state index contributed by atoms with van der Waals surface area (Å²) >= 11 is 0. The van der Waals surface area contributed by atoms with Crippen LogP contribution in [0.2, 0.25) is 0 Å².